The fraction of sp³-hybridized carbons (Fsp3) is 0.450. The van der Waals surface area contributed by atoms with Crippen molar-refractivity contribution in [2.75, 3.05) is 33.2 Å². The summed E-state index contributed by atoms with van der Waals surface area (Å²) in [6.45, 7) is 3.73. The third-order valence-electron chi connectivity index (χ3n) is 4.87. The average Bonchev–Trinajstić information content (AvgIpc) is 3.36. The van der Waals surface area contributed by atoms with E-state index in [0.29, 0.717) is 24.2 Å². The molecular formula is C20H24F2N4O. The molecule has 0 unspecified atom stereocenters. The van der Waals surface area contributed by atoms with E-state index in [1.54, 1.807) is 0 Å². The van der Waals surface area contributed by atoms with Gasteiger partial charge < -0.3 is 9.80 Å². The van der Waals surface area contributed by atoms with Crippen molar-refractivity contribution in [2.45, 2.75) is 25.7 Å². The normalized spacial score (nSPS) is 16.9. The smallest absolute Gasteiger partial charge is 0.259 e. The lowest BCUT2D eigenvalue weighted by Gasteiger charge is -2.16. The molecule has 0 bridgehead atoms. The van der Waals surface area contributed by atoms with Crippen LogP contribution in [-0.4, -0.2) is 58.9 Å². The molecule has 0 N–H and O–H groups in total. The first kappa shape index (κ1) is 19.4. The van der Waals surface area contributed by atoms with Crippen LogP contribution < -0.4 is 0 Å². The molecule has 144 valence electrons. The molecule has 1 amide bonds. The zero-order chi connectivity index (χ0) is 19.2. The molecule has 0 saturated carbocycles. The first-order chi connectivity index (χ1) is 13.1. The number of carbonyl (C=O) groups excluding carboxylic acids is 1. The third kappa shape index (κ3) is 4.86. The van der Waals surface area contributed by atoms with E-state index in [0.717, 1.165) is 25.0 Å². The van der Waals surface area contributed by atoms with Crippen LogP contribution in [0.15, 0.2) is 30.9 Å². The number of halogens is 2. The van der Waals surface area contributed by atoms with Crippen LogP contribution >= 0.6 is 0 Å². The SMILES string of the molecule is CN1CCCC1.O=C(c1c(F)cc(-c2cncnc2)cc1F)N1CCCC1. The fourth-order valence-corrected chi connectivity index (χ4v) is 3.35. The summed E-state index contributed by atoms with van der Waals surface area (Å²) >= 11 is 0. The zero-order valence-corrected chi connectivity index (χ0v) is 15.5. The zero-order valence-electron chi connectivity index (χ0n) is 15.5. The summed E-state index contributed by atoms with van der Waals surface area (Å²) in [5.74, 6) is -2.30. The van der Waals surface area contributed by atoms with Crippen molar-refractivity contribution < 1.29 is 13.6 Å². The summed E-state index contributed by atoms with van der Waals surface area (Å²) in [6.07, 6.45) is 8.82. The summed E-state index contributed by atoms with van der Waals surface area (Å²) in [5.41, 5.74) is 0.316. The highest BCUT2D eigenvalue weighted by Crippen LogP contribution is 2.25. The second-order valence-electron chi connectivity index (χ2n) is 6.95. The quantitative estimate of drug-likeness (QED) is 0.809. The molecule has 1 aromatic heterocycles. The van der Waals surface area contributed by atoms with Crippen molar-refractivity contribution in [2.24, 2.45) is 0 Å². The third-order valence-corrected chi connectivity index (χ3v) is 4.87. The Kier molecular flexibility index (Phi) is 6.45. The van der Waals surface area contributed by atoms with Gasteiger partial charge >= 0.3 is 0 Å². The van der Waals surface area contributed by atoms with Gasteiger partial charge in [-0.05, 0) is 63.5 Å². The minimum atomic E-state index is -0.856. The highest BCUT2D eigenvalue weighted by Gasteiger charge is 2.26. The van der Waals surface area contributed by atoms with Gasteiger partial charge in [0, 0.05) is 31.0 Å². The van der Waals surface area contributed by atoms with Crippen molar-refractivity contribution in [1.82, 2.24) is 19.8 Å². The van der Waals surface area contributed by atoms with E-state index >= 15 is 0 Å². The molecule has 2 saturated heterocycles. The average molecular weight is 374 g/mol. The number of aromatic nitrogens is 2. The molecule has 0 atom stereocenters. The predicted octanol–water partition coefficient (Wildman–Crippen LogP) is 3.37. The largest absolute Gasteiger partial charge is 0.338 e. The topological polar surface area (TPSA) is 49.3 Å². The van der Waals surface area contributed by atoms with Crippen LogP contribution in [-0.2, 0) is 0 Å². The molecule has 0 radical (unpaired) electrons. The molecular weight excluding hydrogens is 350 g/mol. The van der Waals surface area contributed by atoms with Crippen LogP contribution in [0.4, 0.5) is 8.78 Å². The van der Waals surface area contributed by atoms with Gasteiger partial charge in [0.1, 0.15) is 23.5 Å². The monoisotopic (exact) mass is 374 g/mol. The second-order valence-corrected chi connectivity index (χ2v) is 6.95. The highest BCUT2D eigenvalue weighted by atomic mass is 19.1. The number of hydrogen-bond donors (Lipinski definition) is 0. The van der Waals surface area contributed by atoms with Gasteiger partial charge in [-0.25, -0.2) is 18.7 Å². The number of likely N-dealkylation sites (tertiary alicyclic amines) is 2. The Bertz CT molecular complexity index is 750. The molecule has 2 aromatic rings. The van der Waals surface area contributed by atoms with Crippen LogP contribution in [0.3, 0.4) is 0 Å². The maximum Gasteiger partial charge on any atom is 0.259 e. The molecule has 2 aliphatic rings. The molecule has 2 aliphatic heterocycles. The van der Waals surface area contributed by atoms with Crippen LogP contribution in [0, 0.1) is 11.6 Å². The second kappa shape index (κ2) is 8.99. The Morgan fingerprint density at radius 2 is 1.41 bits per heavy atom. The highest BCUT2D eigenvalue weighted by molar-refractivity contribution is 5.95. The Morgan fingerprint density at radius 1 is 0.889 bits per heavy atom. The van der Waals surface area contributed by atoms with Gasteiger partial charge in [0.25, 0.3) is 5.91 Å². The molecule has 5 nitrogen and oxygen atoms in total. The van der Waals surface area contributed by atoms with Crippen molar-refractivity contribution in [3.05, 3.63) is 48.1 Å². The Morgan fingerprint density at radius 3 is 1.89 bits per heavy atom. The summed E-state index contributed by atoms with van der Waals surface area (Å²) < 4.78 is 28.3. The lowest BCUT2D eigenvalue weighted by molar-refractivity contribution is 0.0783. The van der Waals surface area contributed by atoms with Gasteiger partial charge in [0.05, 0.1) is 0 Å². The van der Waals surface area contributed by atoms with E-state index in [9.17, 15) is 13.6 Å². The molecule has 27 heavy (non-hydrogen) atoms. The Hall–Kier alpha value is -2.41. The summed E-state index contributed by atoms with van der Waals surface area (Å²) in [5, 5.41) is 0. The van der Waals surface area contributed by atoms with Crippen molar-refractivity contribution in [3.8, 4) is 11.1 Å². The molecule has 3 heterocycles. The van der Waals surface area contributed by atoms with E-state index in [1.165, 1.54) is 49.6 Å². The van der Waals surface area contributed by atoms with Gasteiger partial charge in [-0.1, -0.05) is 0 Å². The van der Waals surface area contributed by atoms with E-state index < -0.39 is 23.1 Å². The van der Waals surface area contributed by atoms with Gasteiger partial charge in [0.15, 0.2) is 0 Å². The van der Waals surface area contributed by atoms with Crippen molar-refractivity contribution >= 4 is 5.91 Å². The van der Waals surface area contributed by atoms with E-state index in [2.05, 4.69) is 21.9 Å². The van der Waals surface area contributed by atoms with Gasteiger partial charge in [-0.3, -0.25) is 4.79 Å². The number of carbonyl (C=O) groups is 1. The molecule has 4 rings (SSSR count). The van der Waals surface area contributed by atoms with Gasteiger partial charge in [0.2, 0.25) is 0 Å². The van der Waals surface area contributed by atoms with E-state index in [1.807, 2.05) is 0 Å². The first-order valence-electron chi connectivity index (χ1n) is 9.28. The van der Waals surface area contributed by atoms with Crippen LogP contribution in [0.1, 0.15) is 36.0 Å². The summed E-state index contributed by atoms with van der Waals surface area (Å²) in [4.78, 5) is 23.6. The van der Waals surface area contributed by atoms with E-state index in [-0.39, 0.29) is 0 Å². The minimum absolute atomic E-state index is 0.309. The maximum absolute atomic E-state index is 14.2. The first-order valence-corrected chi connectivity index (χ1v) is 9.28. The molecule has 1 aromatic carbocycles. The van der Waals surface area contributed by atoms with Crippen molar-refractivity contribution in [3.63, 3.8) is 0 Å². The van der Waals surface area contributed by atoms with Gasteiger partial charge in [-0.15, -0.1) is 0 Å². The molecule has 0 spiro atoms. The minimum Gasteiger partial charge on any atom is -0.338 e. The van der Waals surface area contributed by atoms with Crippen LogP contribution in [0.25, 0.3) is 11.1 Å². The summed E-state index contributed by atoms with van der Waals surface area (Å²) in [6, 6.07) is 2.29. The predicted molar refractivity (Wildman–Crippen MR) is 99.3 cm³/mol. The number of hydrogen-bond acceptors (Lipinski definition) is 4. The number of rotatable bonds is 2. The number of nitrogens with zero attached hydrogens (tertiary/aromatic N) is 4. The molecule has 2 fully saturated rings. The lowest BCUT2D eigenvalue weighted by Crippen LogP contribution is -2.29. The standard InChI is InChI=1S/C15H13F2N3O.C5H11N/c16-12-5-10(11-7-18-9-19-8-11)6-13(17)14(12)15(21)20-3-1-2-4-20;1-6-4-2-3-5-6/h5-9H,1-4H2;2-5H2,1H3. The Balaban J connectivity index is 0.000000299. The molecule has 7 heteroatoms. The van der Waals surface area contributed by atoms with Gasteiger partial charge in [-0.2, -0.15) is 0 Å². The lowest BCUT2D eigenvalue weighted by atomic mass is 10.0. The van der Waals surface area contributed by atoms with Crippen molar-refractivity contribution in [1.29, 1.82) is 0 Å². The van der Waals surface area contributed by atoms with E-state index in [4.69, 9.17) is 0 Å². The molecule has 0 aliphatic carbocycles. The maximum atomic E-state index is 14.2. The fourth-order valence-electron chi connectivity index (χ4n) is 3.35. The van der Waals surface area contributed by atoms with Crippen LogP contribution in [0.5, 0.6) is 0 Å². The van der Waals surface area contributed by atoms with Crippen LogP contribution in [0.2, 0.25) is 0 Å². The number of benzene rings is 1. The summed E-state index contributed by atoms with van der Waals surface area (Å²) in [7, 11) is 2.17. The number of amides is 1. The Labute approximate surface area is 158 Å².